The molecule has 0 fully saturated rings. The molecule has 0 saturated heterocycles. The molecule has 132 valence electrons. The Kier molecular flexibility index (Phi) is 5.96. The summed E-state index contributed by atoms with van der Waals surface area (Å²) in [4.78, 5) is 25.1. The first-order valence-electron chi connectivity index (χ1n) is 7.89. The summed E-state index contributed by atoms with van der Waals surface area (Å²) in [5.41, 5.74) is 2.09. The fourth-order valence-corrected chi connectivity index (χ4v) is 3.70. The molecule has 0 heterocycles. The second-order valence-electron chi connectivity index (χ2n) is 6.81. The maximum Gasteiger partial charge on any atom is 0.224 e. The van der Waals surface area contributed by atoms with Gasteiger partial charge in [-0.1, -0.05) is 43.1 Å². The summed E-state index contributed by atoms with van der Waals surface area (Å²) in [6.45, 7) is 7.03. The number of aryl methyl sites for hydroxylation is 2. The third-order valence-electron chi connectivity index (χ3n) is 3.97. The van der Waals surface area contributed by atoms with E-state index < -0.39 is 11.4 Å². The van der Waals surface area contributed by atoms with Crippen molar-refractivity contribution in [1.29, 1.82) is 0 Å². The van der Waals surface area contributed by atoms with Gasteiger partial charge in [0.15, 0.2) is 0 Å². The molecule has 25 heavy (non-hydrogen) atoms. The lowest BCUT2D eigenvalue weighted by Crippen LogP contribution is -2.39. The minimum atomic E-state index is -1.13. The number of rotatable bonds is 5. The van der Waals surface area contributed by atoms with Crippen LogP contribution in [0.1, 0.15) is 40.9 Å². The quantitative estimate of drug-likeness (QED) is 0.734. The fraction of sp³-hybridized carbons (Fsp3) is 0.300. The number of carbonyl (C=O) groups is 2. The minimum Gasteiger partial charge on any atom is -0.550 e. The van der Waals surface area contributed by atoms with E-state index in [9.17, 15) is 14.7 Å². The highest BCUT2D eigenvalue weighted by molar-refractivity contribution is 8.14. The Labute approximate surface area is 157 Å². The molecule has 0 unspecified atom stereocenters. The molecule has 0 radical (unpaired) electrons. The third kappa shape index (κ3) is 4.86. The van der Waals surface area contributed by atoms with Crippen LogP contribution in [0.3, 0.4) is 0 Å². The van der Waals surface area contributed by atoms with Gasteiger partial charge in [-0.3, -0.25) is 4.79 Å². The Morgan fingerprint density at radius 3 is 2.28 bits per heavy atom. The van der Waals surface area contributed by atoms with Crippen LogP contribution in [0.25, 0.3) is 0 Å². The van der Waals surface area contributed by atoms with Gasteiger partial charge in [0, 0.05) is 26.9 Å². The molecule has 0 aliphatic heterocycles. The second-order valence-corrected chi connectivity index (χ2v) is 8.29. The number of carboxylic acid groups (broad SMARTS) is 1. The summed E-state index contributed by atoms with van der Waals surface area (Å²) in [5.74, 6) is -1.13. The number of carbonyl (C=O) groups excluding carboxylic acids is 2. The first-order valence-corrected chi connectivity index (χ1v) is 9.09. The van der Waals surface area contributed by atoms with Crippen LogP contribution in [0.5, 0.6) is 0 Å². The minimum absolute atomic E-state index is 0.107. The van der Waals surface area contributed by atoms with Crippen molar-refractivity contribution < 1.29 is 14.7 Å². The van der Waals surface area contributed by atoms with Gasteiger partial charge in [-0.15, -0.1) is 0 Å². The van der Waals surface area contributed by atoms with Gasteiger partial charge < -0.3 is 9.90 Å². The SMILES string of the molecule is Cc1cc(C)c(C(=O)Sc2ccc(Cl)cc2)c(CC(C)(C)C(=O)[O-])c1. The van der Waals surface area contributed by atoms with Crippen LogP contribution in [0.15, 0.2) is 41.3 Å². The number of aliphatic carboxylic acids is 1. The van der Waals surface area contributed by atoms with Crippen molar-refractivity contribution in [2.24, 2.45) is 5.41 Å². The van der Waals surface area contributed by atoms with E-state index >= 15 is 0 Å². The lowest BCUT2D eigenvalue weighted by Gasteiger charge is -2.27. The molecule has 0 aliphatic rings. The topological polar surface area (TPSA) is 57.2 Å². The summed E-state index contributed by atoms with van der Waals surface area (Å²) in [5, 5.41) is 11.9. The van der Waals surface area contributed by atoms with Crippen LogP contribution in [-0.4, -0.2) is 11.1 Å². The Morgan fingerprint density at radius 2 is 1.72 bits per heavy atom. The summed E-state index contributed by atoms with van der Waals surface area (Å²) in [6.07, 6.45) is 0.236. The van der Waals surface area contributed by atoms with Crippen molar-refractivity contribution in [3.05, 3.63) is 63.7 Å². The van der Waals surface area contributed by atoms with Crippen LogP contribution < -0.4 is 5.11 Å². The maximum atomic E-state index is 12.9. The van der Waals surface area contributed by atoms with Gasteiger partial charge in [-0.25, -0.2) is 0 Å². The average molecular weight is 376 g/mol. The predicted octanol–water partition coefficient (Wildman–Crippen LogP) is 4.21. The van der Waals surface area contributed by atoms with Crippen LogP contribution in [-0.2, 0) is 11.2 Å². The lowest BCUT2D eigenvalue weighted by atomic mass is 9.83. The highest BCUT2D eigenvalue weighted by Gasteiger charge is 2.25. The first kappa shape index (κ1) is 19.5. The highest BCUT2D eigenvalue weighted by atomic mass is 35.5. The normalized spacial score (nSPS) is 11.4. The zero-order valence-corrected chi connectivity index (χ0v) is 16.3. The van der Waals surface area contributed by atoms with E-state index in [1.54, 1.807) is 38.1 Å². The van der Waals surface area contributed by atoms with Crippen LogP contribution in [0, 0.1) is 19.3 Å². The van der Waals surface area contributed by atoms with Crippen LogP contribution >= 0.6 is 23.4 Å². The van der Waals surface area contributed by atoms with Crippen LogP contribution in [0.2, 0.25) is 5.02 Å². The lowest BCUT2D eigenvalue weighted by molar-refractivity contribution is -0.317. The molecule has 2 rings (SSSR count). The summed E-state index contributed by atoms with van der Waals surface area (Å²) in [6, 6.07) is 10.9. The molecule has 0 aliphatic carbocycles. The van der Waals surface area contributed by atoms with Crippen molar-refractivity contribution in [1.82, 2.24) is 0 Å². The molecule has 0 spiro atoms. The average Bonchev–Trinajstić information content (AvgIpc) is 2.48. The van der Waals surface area contributed by atoms with E-state index in [4.69, 9.17) is 11.6 Å². The molecule has 2 aromatic carbocycles. The summed E-state index contributed by atoms with van der Waals surface area (Å²) < 4.78 is 0. The van der Waals surface area contributed by atoms with E-state index in [2.05, 4.69) is 0 Å². The number of carboxylic acids is 1. The number of hydrogen-bond acceptors (Lipinski definition) is 4. The van der Waals surface area contributed by atoms with Crippen molar-refractivity contribution in [2.45, 2.75) is 39.0 Å². The van der Waals surface area contributed by atoms with Gasteiger partial charge in [0.05, 0.1) is 0 Å². The molecular formula is C20H20ClO3S-. The molecule has 0 amide bonds. The third-order valence-corrected chi connectivity index (χ3v) is 5.12. The number of hydrogen-bond donors (Lipinski definition) is 0. The van der Waals surface area contributed by atoms with Gasteiger partial charge in [0.1, 0.15) is 0 Å². The molecule has 0 N–H and O–H groups in total. The molecule has 3 nitrogen and oxygen atoms in total. The van der Waals surface area contributed by atoms with E-state index in [0.29, 0.717) is 10.6 Å². The van der Waals surface area contributed by atoms with Crippen molar-refractivity contribution in [3.8, 4) is 0 Å². The largest absolute Gasteiger partial charge is 0.550 e. The smallest absolute Gasteiger partial charge is 0.224 e. The molecule has 0 atom stereocenters. The van der Waals surface area contributed by atoms with Gasteiger partial charge in [0.2, 0.25) is 5.12 Å². The van der Waals surface area contributed by atoms with Gasteiger partial charge in [-0.05, 0) is 67.4 Å². The van der Waals surface area contributed by atoms with Crippen LogP contribution in [0.4, 0.5) is 0 Å². The molecule has 0 saturated carbocycles. The van der Waals surface area contributed by atoms with E-state index in [1.165, 1.54) is 0 Å². The monoisotopic (exact) mass is 375 g/mol. The summed E-state index contributed by atoms with van der Waals surface area (Å²) >= 11 is 6.99. The van der Waals surface area contributed by atoms with Crippen molar-refractivity contribution >= 4 is 34.4 Å². The molecule has 2 aromatic rings. The molecular weight excluding hydrogens is 356 g/mol. The predicted molar refractivity (Wildman–Crippen MR) is 100 cm³/mol. The number of benzene rings is 2. The first-order chi connectivity index (χ1) is 11.6. The van der Waals surface area contributed by atoms with E-state index in [1.807, 2.05) is 26.0 Å². The van der Waals surface area contributed by atoms with E-state index in [0.717, 1.165) is 33.3 Å². The fourth-order valence-electron chi connectivity index (χ4n) is 2.70. The highest BCUT2D eigenvalue weighted by Crippen LogP contribution is 2.31. The zero-order valence-electron chi connectivity index (χ0n) is 14.7. The number of thioether (sulfide) groups is 1. The van der Waals surface area contributed by atoms with E-state index in [-0.39, 0.29) is 11.5 Å². The molecule has 5 heteroatoms. The zero-order chi connectivity index (χ0) is 18.8. The maximum absolute atomic E-state index is 12.9. The number of halogens is 1. The van der Waals surface area contributed by atoms with Gasteiger partial charge in [0.25, 0.3) is 0 Å². The molecule has 0 aromatic heterocycles. The summed E-state index contributed by atoms with van der Waals surface area (Å²) in [7, 11) is 0. The second kappa shape index (κ2) is 7.63. The Balaban J connectivity index is 2.40. The van der Waals surface area contributed by atoms with Gasteiger partial charge in [-0.2, -0.15) is 0 Å². The van der Waals surface area contributed by atoms with Crippen molar-refractivity contribution in [2.75, 3.05) is 0 Å². The van der Waals surface area contributed by atoms with Crippen molar-refractivity contribution in [3.63, 3.8) is 0 Å². The Hall–Kier alpha value is -1.78. The van der Waals surface area contributed by atoms with Gasteiger partial charge >= 0.3 is 0 Å². The Morgan fingerprint density at radius 1 is 1.12 bits per heavy atom. The molecule has 0 bridgehead atoms. The standard InChI is InChI=1S/C20H21ClO3S/c1-12-9-13(2)17(14(10-12)11-20(3,4)19(23)24)18(22)25-16-7-5-15(21)6-8-16/h5-10H,11H2,1-4H3,(H,23,24)/p-1. The Bertz CT molecular complexity index is 810.